The minimum atomic E-state index is -0.472. The summed E-state index contributed by atoms with van der Waals surface area (Å²) in [4.78, 5) is 26.0. The fourth-order valence-electron chi connectivity index (χ4n) is 3.14. The van der Waals surface area contributed by atoms with E-state index in [9.17, 15) is 9.59 Å². The van der Waals surface area contributed by atoms with Crippen molar-refractivity contribution in [3.05, 3.63) is 29.8 Å². The Bertz CT molecular complexity index is 568. The van der Waals surface area contributed by atoms with Crippen LogP contribution in [-0.2, 0) is 9.53 Å². The summed E-state index contributed by atoms with van der Waals surface area (Å²) in [7, 11) is 3.87. The van der Waals surface area contributed by atoms with E-state index in [4.69, 9.17) is 4.74 Å². The molecule has 1 aromatic rings. The topological polar surface area (TPSA) is 58.6 Å². The molecule has 1 fully saturated rings. The van der Waals surface area contributed by atoms with Gasteiger partial charge in [-0.15, -0.1) is 0 Å². The molecule has 24 heavy (non-hydrogen) atoms. The Hall–Kier alpha value is -2.04. The third-order valence-electron chi connectivity index (χ3n) is 5.01. The van der Waals surface area contributed by atoms with Gasteiger partial charge in [-0.05, 0) is 42.5 Å². The van der Waals surface area contributed by atoms with E-state index in [1.165, 1.54) is 6.42 Å². The minimum absolute atomic E-state index is 0.180. The highest BCUT2D eigenvalue weighted by molar-refractivity contribution is 5.91. The predicted octanol–water partition coefficient (Wildman–Crippen LogP) is 2.85. The predicted molar refractivity (Wildman–Crippen MR) is 95.2 cm³/mol. The average molecular weight is 332 g/mol. The first kappa shape index (κ1) is 18.3. The quantitative estimate of drug-likeness (QED) is 0.843. The second-order valence-corrected chi connectivity index (χ2v) is 6.96. The van der Waals surface area contributed by atoms with Crippen molar-refractivity contribution >= 4 is 17.6 Å². The number of benzene rings is 1. The molecule has 1 aliphatic rings. The molecule has 1 saturated carbocycles. The number of carbonyl (C=O) groups excluding carboxylic acids is 2. The Morgan fingerprint density at radius 3 is 2.46 bits per heavy atom. The Kier molecular flexibility index (Phi) is 6.23. The standard InChI is InChI=1S/C19H28N2O3/c1-13-6-5-7-17(14(13)2)20-18(22)12-24-19(23)15-8-10-16(11-9-15)21(3)4/h8-11,13-14,17H,5-7,12H2,1-4H3,(H,20,22)/t13-,14-,17-/m1/s1. The lowest BCUT2D eigenvalue weighted by molar-refractivity contribution is -0.125. The number of ether oxygens (including phenoxy) is 1. The van der Waals surface area contributed by atoms with Crippen LogP contribution in [0.15, 0.2) is 24.3 Å². The zero-order valence-electron chi connectivity index (χ0n) is 15.0. The number of nitrogens with zero attached hydrogens (tertiary/aromatic N) is 1. The van der Waals surface area contributed by atoms with Crippen molar-refractivity contribution in [3.8, 4) is 0 Å². The molecule has 3 atom stereocenters. The van der Waals surface area contributed by atoms with Gasteiger partial charge in [0.05, 0.1) is 5.56 Å². The van der Waals surface area contributed by atoms with Crippen molar-refractivity contribution < 1.29 is 14.3 Å². The fraction of sp³-hybridized carbons (Fsp3) is 0.579. The van der Waals surface area contributed by atoms with Gasteiger partial charge in [0.25, 0.3) is 5.91 Å². The van der Waals surface area contributed by atoms with E-state index in [2.05, 4.69) is 19.2 Å². The second kappa shape index (κ2) is 8.18. The van der Waals surface area contributed by atoms with Crippen LogP contribution < -0.4 is 10.2 Å². The normalized spacial score (nSPS) is 23.4. The van der Waals surface area contributed by atoms with Crippen molar-refractivity contribution in [1.29, 1.82) is 0 Å². The van der Waals surface area contributed by atoms with Gasteiger partial charge in [-0.25, -0.2) is 4.79 Å². The molecular formula is C19H28N2O3. The maximum absolute atomic E-state index is 12.0. The van der Waals surface area contributed by atoms with Gasteiger partial charge >= 0.3 is 5.97 Å². The summed E-state index contributed by atoms with van der Waals surface area (Å²) in [6.45, 7) is 4.17. The Morgan fingerprint density at radius 2 is 1.83 bits per heavy atom. The van der Waals surface area contributed by atoms with Crippen LogP contribution in [0.25, 0.3) is 0 Å². The first-order chi connectivity index (χ1) is 11.4. The molecule has 0 aromatic heterocycles. The Labute approximate surface area is 144 Å². The molecule has 0 unspecified atom stereocenters. The van der Waals surface area contributed by atoms with Crippen LogP contribution in [0.5, 0.6) is 0 Å². The van der Waals surface area contributed by atoms with E-state index in [0.717, 1.165) is 18.5 Å². The molecule has 1 amide bonds. The van der Waals surface area contributed by atoms with Gasteiger partial charge < -0.3 is 15.0 Å². The summed E-state index contributed by atoms with van der Waals surface area (Å²) in [5.74, 6) is 0.374. The number of carbonyl (C=O) groups is 2. The van der Waals surface area contributed by atoms with E-state index in [1.54, 1.807) is 12.1 Å². The molecule has 0 spiro atoms. The highest BCUT2D eigenvalue weighted by Crippen LogP contribution is 2.29. The van der Waals surface area contributed by atoms with Crippen molar-refractivity contribution in [2.45, 2.75) is 39.2 Å². The highest BCUT2D eigenvalue weighted by atomic mass is 16.5. The Morgan fingerprint density at radius 1 is 1.17 bits per heavy atom. The maximum Gasteiger partial charge on any atom is 0.338 e. The molecule has 0 radical (unpaired) electrons. The zero-order chi connectivity index (χ0) is 17.7. The van der Waals surface area contributed by atoms with Crippen molar-refractivity contribution in [3.63, 3.8) is 0 Å². The first-order valence-corrected chi connectivity index (χ1v) is 8.62. The molecule has 1 N–H and O–H groups in total. The number of hydrogen-bond donors (Lipinski definition) is 1. The molecular weight excluding hydrogens is 304 g/mol. The minimum Gasteiger partial charge on any atom is -0.452 e. The van der Waals surface area contributed by atoms with Gasteiger partial charge in [0.15, 0.2) is 6.61 Å². The van der Waals surface area contributed by atoms with Crippen molar-refractivity contribution in [2.24, 2.45) is 11.8 Å². The average Bonchev–Trinajstić information content (AvgIpc) is 2.57. The fourth-order valence-corrected chi connectivity index (χ4v) is 3.14. The molecule has 0 aliphatic heterocycles. The van der Waals surface area contributed by atoms with Crippen LogP contribution in [0, 0.1) is 11.8 Å². The van der Waals surface area contributed by atoms with E-state index >= 15 is 0 Å². The van der Waals surface area contributed by atoms with E-state index < -0.39 is 5.97 Å². The van der Waals surface area contributed by atoms with Gasteiger partial charge in [-0.3, -0.25) is 4.79 Å². The van der Waals surface area contributed by atoms with E-state index in [1.807, 2.05) is 31.1 Å². The van der Waals surface area contributed by atoms with Crippen LogP contribution in [0.3, 0.4) is 0 Å². The molecule has 2 rings (SSSR count). The third-order valence-corrected chi connectivity index (χ3v) is 5.01. The smallest absolute Gasteiger partial charge is 0.338 e. The highest BCUT2D eigenvalue weighted by Gasteiger charge is 2.28. The molecule has 5 nitrogen and oxygen atoms in total. The van der Waals surface area contributed by atoms with Gasteiger partial charge in [0.2, 0.25) is 0 Å². The molecule has 0 heterocycles. The maximum atomic E-state index is 12.0. The number of amides is 1. The molecule has 132 valence electrons. The lowest BCUT2D eigenvalue weighted by atomic mass is 9.78. The van der Waals surface area contributed by atoms with Gasteiger partial charge in [0.1, 0.15) is 0 Å². The van der Waals surface area contributed by atoms with Gasteiger partial charge in [-0.2, -0.15) is 0 Å². The van der Waals surface area contributed by atoms with E-state index in [0.29, 0.717) is 17.4 Å². The molecule has 1 aromatic carbocycles. The van der Waals surface area contributed by atoms with Crippen molar-refractivity contribution in [1.82, 2.24) is 5.32 Å². The van der Waals surface area contributed by atoms with Crippen LogP contribution in [0.4, 0.5) is 5.69 Å². The largest absolute Gasteiger partial charge is 0.452 e. The number of anilines is 1. The van der Waals surface area contributed by atoms with Crippen LogP contribution in [-0.4, -0.2) is 38.6 Å². The van der Waals surface area contributed by atoms with Crippen LogP contribution in [0.2, 0.25) is 0 Å². The van der Waals surface area contributed by atoms with Gasteiger partial charge in [0, 0.05) is 25.8 Å². The van der Waals surface area contributed by atoms with E-state index in [-0.39, 0.29) is 18.6 Å². The summed E-state index contributed by atoms with van der Waals surface area (Å²) in [6, 6.07) is 7.30. The SMILES string of the molecule is C[C@@H]1[C@H](C)CCC[C@H]1NC(=O)COC(=O)c1ccc(N(C)C)cc1. The molecule has 0 bridgehead atoms. The lowest BCUT2D eigenvalue weighted by Gasteiger charge is -2.34. The third kappa shape index (κ3) is 4.73. The number of hydrogen-bond acceptors (Lipinski definition) is 4. The van der Waals surface area contributed by atoms with Crippen LogP contribution in [0.1, 0.15) is 43.5 Å². The summed E-state index contributed by atoms with van der Waals surface area (Å²) in [5.41, 5.74) is 1.46. The second-order valence-electron chi connectivity index (χ2n) is 6.96. The summed E-state index contributed by atoms with van der Waals surface area (Å²) in [5, 5.41) is 3.01. The van der Waals surface area contributed by atoms with Crippen LogP contribution >= 0.6 is 0 Å². The van der Waals surface area contributed by atoms with Crippen molar-refractivity contribution in [2.75, 3.05) is 25.6 Å². The summed E-state index contributed by atoms with van der Waals surface area (Å²) >= 11 is 0. The zero-order valence-corrected chi connectivity index (χ0v) is 15.0. The first-order valence-electron chi connectivity index (χ1n) is 8.62. The summed E-state index contributed by atoms with van der Waals surface area (Å²) in [6.07, 6.45) is 3.34. The summed E-state index contributed by atoms with van der Waals surface area (Å²) < 4.78 is 5.13. The Balaban J connectivity index is 1.81. The molecule has 1 aliphatic carbocycles. The number of esters is 1. The monoisotopic (exact) mass is 332 g/mol. The number of nitrogens with one attached hydrogen (secondary N) is 1. The molecule has 0 saturated heterocycles. The van der Waals surface area contributed by atoms with Gasteiger partial charge in [-0.1, -0.05) is 26.7 Å². The molecule has 5 heteroatoms. The number of rotatable bonds is 5. The lowest BCUT2D eigenvalue weighted by Crippen LogP contribution is -2.45.